The van der Waals surface area contributed by atoms with Crippen LogP contribution in [0.2, 0.25) is 0 Å². The molecule has 2 aromatic rings. The summed E-state index contributed by atoms with van der Waals surface area (Å²) in [4.78, 5) is 30.2. The molecule has 1 saturated heterocycles. The van der Waals surface area contributed by atoms with E-state index in [4.69, 9.17) is 0 Å². The Labute approximate surface area is 173 Å². The Hall–Kier alpha value is -2.82. The largest absolute Gasteiger partial charge is 0.368 e. The lowest BCUT2D eigenvalue weighted by Gasteiger charge is -2.39. The van der Waals surface area contributed by atoms with Gasteiger partial charge < -0.3 is 15.1 Å². The van der Waals surface area contributed by atoms with E-state index in [9.17, 15) is 9.59 Å². The van der Waals surface area contributed by atoms with Crippen LogP contribution in [0.1, 0.15) is 30.5 Å². The van der Waals surface area contributed by atoms with Crippen LogP contribution < -0.4 is 10.2 Å². The van der Waals surface area contributed by atoms with E-state index in [2.05, 4.69) is 41.4 Å². The van der Waals surface area contributed by atoms with Gasteiger partial charge in [0.25, 0.3) is 0 Å². The van der Waals surface area contributed by atoms with Crippen molar-refractivity contribution in [3.05, 3.63) is 59.2 Å². The molecule has 0 saturated carbocycles. The molecule has 0 atom stereocenters. The number of nitrogens with one attached hydrogen (secondary N) is 1. The van der Waals surface area contributed by atoms with Crippen molar-refractivity contribution in [1.82, 2.24) is 4.90 Å². The number of nitrogens with zero attached hydrogens (tertiary/aromatic N) is 2. The molecule has 0 aromatic heterocycles. The van der Waals surface area contributed by atoms with Crippen LogP contribution in [0.25, 0.3) is 0 Å². The van der Waals surface area contributed by atoms with Gasteiger partial charge in [-0.3, -0.25) is 9.59 Å². The van der Waals surface area contributed by atoms with E-state index in [1.165, 1.54) is 11.3 Å². The van der Waals surface area contributed by atoms with Crippen LogP contribution in [0.3, 0.4) is 0 Å². The highest BCUT2D eigenvalue weighted by atomic mass is 16.2. The second kappa shape index (κ2) is 8.27. The zero-order valence-corrected chi connectivity index (χ0v) is 18.1. The lowest BCUT2D eigenvalue weighted by Crippen LogP contribution is -2.54. The fourth-order valence-electron chi connectivity index (χ4n) is 3.65. The van der Waals surface area contributed by atoms with Crippen LogP contribution >= 0.6 is 0 Å². The molecule has 0 spiro atoms. The molecule has 0 aliphatic carbocycles. The van der Waals surface area contributed by atoms with Gasteiger partial charge in [0.15, 0.2) is 0 Å². The molecule has 1 aliphatic rings. The standard InChI is InChI=1S/C24H31N3O2/c1-17-8-6-10-20(16-17)26-12-14-27(15-13-26)23(29)24(4,5)22(28)25-21-11-7-9-18(2)19(21)3/h6-11,16H,12-15H2,1-5H3,(H,25,28). The molecule has 1 heterocycles. The number of benzene rings is 2. The van der Waals surface area contributed by atoms with Gasteiger partial charge in [-0.2, -0.15) is 0 Å². The summed E-state index contributed by atoms with van der Waals surface area (Å²) in [6.45, 7) is 12.3. The van der Waals surface area contributed by atoms with Crippen molar-refractivity contribution in [3.63, 3.8) is 0 Å². The summed E-state index contributed by atoms with van der Waals surface area (Å²) in [5.41, 5.74) is 4.19. The molecule has 0 unspecified atom stereocenters. The normalized spacial score (nSPS) is 14.7. The molecule has 1 N–H and O–H groups in total. The van der Waals surface area contributed by atoms with Crippen LogP contribution in [-0.4, -0.2) is 42.9 Å². The number of amides is 2. The number of piperazine rings is 1. The average Bonchev–Trinajstić information content (AvgIpc) is 2.71. The van der Waals surface area contributed by atoms with Gasteiger partial charge in [-0.15, -0.1) is 0 Å². The Bertz CT molecular complexity index is 912. The van der Waals surface area contributed by atoms with E-state index in [1.54, 1.807) is 13.8 Å². The molecule has 29 heavy (non-hydrogen) atoms. The van der Waals surface area contributed by atoms with E-state index in [1.807, 2.05) is 36.9 Å². The average molecular weight is 394 g/mol. The minimum absolute atomic E-state index is 0.121. The summed E-state index contributed by atoms with van der Waals surface area (Å²) < 4.78 is 0. The number of rotatable bonds is 4. The lowest BCUT2D eigenvalue weighted by molar-refractivity contribution is -0.146. The first-order valence-corrected chi connectivity index (χ1v) is 10.2. The Morgan fingerprint density at radius 2 is 1.59 bits per heavy atom. The maximum atomic E-state index is 13.1. The van der Waals surface area contributed by atoms with Crippen molar-refractivity contribution >= 4 is 23.2 Å². The van der Waals surface area contributed by atoms with Crippen molar-refractivity contribution in [1.29, 1.82) is 0 Å². The first-order chi connectivity index (χ1) is 13.7. The van der Waals surface area contributed by atoms with Crippen molar-refractivity contribution in [2.24, 2.45) is 5.41 Å². The van der Waals surface area contributed by atoms with Gasteiger partial charge in [-0.05, 0) is 69.5 Å². The molecular weight excluding hydrogens is 362 g/mol. The number of hydrogen-bond donors (Lipinski definition) is 1. The summed E-state index contributed by atoms with van der Waals surface area (Å²) in [7, 11) is 0. The highest BCUT2D eigenvalue weighted by Gasteiger charge is 2.40. The van der Waals surface area contributed by atoms with E-state index in [0.29, 0.717) is 13.1 Å². The van der Waals surface area contributed by atoms with Crippen LogP contribution in [0, 0.1) is 26.2 Å². The molecule has 5 nitrogen and oxygen atoms in total. The predicted molar refractivity (Wildman–Crippen MR) is 118 cm³/mol. The van der Waals surface area contributed by atoms with Gasteiger partial charge >= 0.3 is 0 Å². The Balaban J connectivity index is 1.64. The van der Waals surface area contributed by atoms with Crippen molar-refractivity contribution < 1.29 is 9.59 Å². The third-order valence-electron chi connectivity index (χ3n) is 5.89. The Morgan fingerprint density at radius 3 is 2.24 bits per heavy atom. The summed E-state index contributed by atoms with van der Waals surface area (Å²) >= 11 is 0. The summed E-state index contributed by atoms with van der Waals surface area (Å²) in [6.07, 6.45) is 0. The molecule has 2 aromatic carbocycles. The summed E-state index contributed by atoms with van der Waals surface area (Å²) in [6, 6.07) is 14.2. The summed E-state index contributed by atoms with van der Waals surface area (Å²) in [5, 5.41) is 2.96. The molecule has 0 radical (unpaired) electrons. The molecule has 1 fully saturated rings. The molecule has 154 valence electrons. The smallest absolute Gasteiger partial charge is 0.239 e. The van der Waals surface area contributed by atoms with E-state index in [0.717, 1.165) is 29.9 Å². The predicted octanol–water partition coefficient (Wildman–Crippen LogP) is 3.93. The Kier molecular flexibility index (Phi) is 5.96. The number of carbonyl (C=O) groups excluding carboxylic acids is 2. The zero-order chi connectivity index (χ0) is 21.2. The SMILES string of the molecule is Cc1cccc(N2CCN(C(=O)C(C)(C)C(=O)Nc3cccc(C)c3C)CC2)c1. The molecule has 0 bridgehead atoms. The topological polar surface area (TPSA) is 52.7 Å². The number of hydrogen-bond acceptors (Lipinski definition) is 3. The minimum Gasteiger partial charge on any atom is -0.368 e. The second-order valence-electron chi connectivity index (χ2n) is 8.44. The van der Waals surface area contributed by atoms with Gasteiger partial charge in [0.1, 0.15) is 5.41 Å². The molecule has 2 amide bonds. The molecule has 5 heteroatoms. The number of anilines is 2. The van der Waals surface area contributed by atoms with Crippen LogP contribution in [0.4, 0.5) is 11.4 Å². The van der Waals surface area contributed by atoms with Gasteiger partial charge in [-0.1, -0.05) is 24.3 Å². The van der Waals surface area contributed by atoms with Crippen molar-refractivity contribution in [2.45, 2.75) is 34.6 Å². The zero-order valence-electron chi connectivity index (χ0n) is 18.1. The quantitative estimate of drug-likeness (QED) is 0.801. The van der Waals surface area contributed by atoms with Crippen LogP contribution in [-0.2, 0) is 9.59 Å². The molecule has 3 rings (SSSR count). The molecular formula is C24H31N3O2. The third kappa shape index (κ3) is 4.44. The Morgan fingerprint density at radius 1 is 0.931 bits per heavy atom. The van der Waals surface area contributed by atoms with E-state index < -0.39 is 5.41 Å². The van der Waals surface area contributed by atoms with Crippen molar-refractivity contribution in [3.8, 4) is 0 Å². The fourth-order valence-corrected chi connectivity index (χ4v) is 3.65. The van der Waals surface area contributed by atoms with Gasteiger partial charge in [0.2, 0.25) is 11.8 Å². The molecule has 1 aliphatic heterocycles. The minimum atomic E-state index is -1.12. The van der Waals surface area contributed by atoms with Crippen LogP contribution in [0.5, 0.6) is 0 Å². The van der Waals surface area contributed by atoms with Gasteiger partial charge in [0.05, 0.1) is 0 Å². The highest BCUT2D eigenvalue weighted by molar-refractivity contribution is 6.10. The van der Waals surface area contributed by atoms with Gasteiger partial charge in [0, 0.05) is 37.6 Å². The maximum Gasteiger partial charge on any atom is 0.239 e. The second-order valence-corrected chi connectivity index (χ2v) is 8.44. The fraction of sp³-hybridized carbons (Fsp3) is 0.417. The van der Waals surface area contributed by atoms with Gasteiger partial charge in [-0.25, -0.2) is 0 Å². The van der Waals surface area contributed by atoms with Crippen LogP contribution in [0.15, 0.2) is 42.5 Å². The highest BCUT2D eigenvalue weighted by Crippen LogP contribution is 2.26. The third-order valence-corrected chi connectivity index (χ3v) is 5.89. The van der Waals surface area contributed by atoms with Crippen molar-refractivity contribution in [2.75, 3.05) is 36.4 Å². The number of aryl methyl sites for hydroxylation is 2. The van der Waals surface area contributed by atoms with E-state index >= 15 is 0 Å². The van der Waals surface area contributed by atoms with E-state index in [-0.39, 0.29) is 11.8 Å². The first kappa shape index (κ1) is 20.9. The monoisotopic (exact) mass is 393 g/mol. The number of carbonyl (C=O) groups is 2. The maximum absolute atomic E-state index is 13.1. The first-order valence-electron chi connectivity index (χ1n) is 10.2. The summed E-state index contributed by atoms with van der Waals surface area (Å²) in [5.74, 6) is -0.387. The lowest BCUT2D eigenvalue weighted by atomic mass is 9.89.